The molecule has 3 aromatic rings. The second-order valence-electron chi connectivity index (χ2n) is 5.70. The van der Waals surface area contributed by atoms with Crippen molar-refractivity contribution in [3.8, 4) is 28.7 Å². The molecule has 0 aliphatic carbocycles. The summed E-state index contributed by atoms with van der Waals surface area (Å²) in [6, 6.07) is 6.15. The van der Waals surface area contributed by atoms with Gasteiger partial charge in [0.2, 0.25) is 5.75 Å². The van der Waals surface area contributed by atoms with Gasteiger partial charge in [-0.3, -0.25) is 4.79 Å². The van der Waals surface area contributed by atoms with Gasteiger partial charge in [-0.15, -0.1) is 4.89 Å². The van der Waals surface area contributed by atoms with Crippen molar-refractivity contribution >= 4 is 25.0 Å². The zero-order valence-electron chi connectivity index (χ0n) is 16.0. The molecule has 1 N–H and O–H groups in total. The first kappa shape index (κ1) is 20.4. The van der Waals surface area contributed by atoms with E-state index in [1.165, 1.54) is 52.9 Å². The molecule has 3 rings (SSSR count). The number of benzene rings is 2. The number of carbonyl (C=O) groups is 1. The second-order valence-corrected chi connectivity index (χ2v) is 6.35. The van der Waals surface area contributed by atoms with Crippen LogP contribution in [0.25, 0.3) is 11.0 Å². The predicted octanol–water partition coefficient (Wildman–Crippen LogP) is 3.73. The Labute approximate surface area is 166 Å². The summed E-state index contributed by atoms with van der Waals surface area (Å²) in [6.07, 6.45) is 1.24. The molecule has 0 spiro atoms. The third kappa shape index (κ3) is 3.70. The van der Waals surface area contributed by atoms with E-state index in [4.69, 9.17) is 32.8 Å². The third-order valence-corrected chi connectivity index (χ3v) is 4.56. The van der Waals surface area contributed by atoms with Gasteiger partial charge in [-0.1, -0.05) is 0 Å². The van der Waals surface area contributed by atoms with Gasteiger partial charge in [-0.25, -0.2) is 4.52 Å². The van der Waals surface area contributed by atoms with Gasteiger partial charge in [0.15, 0.2) is 28.6 Å². The third-order valence-electron chi connectivity index (χ3n) is 4.22. The zero-order valence-corrected chi connectivity index (χ0v) is 16.9. The first-order chi connectivity index (χ1) is 13.9. The maximum atomic E-state index is 13.2. The van der Waals surface area contributed by atoms with Gasteiger partial charge in [0.05, 0.1) is 34.0 Å². The molecule has 1 unspecified atom stereocenters. The van der Waals surface area contributed by atoms with Crippen LogP contribution < -0.4 is 23.5 Å². The minimum atomic E-state index is -2.96. The smallest absolute Gasteiger partial charge is 0.493 e. The lowest BCUT2D eigenvalue weighted by Crippen LogP contribution is -2.03. The number of methoxy groups -OCH3 is 4. The molecular weight excluding hydrogens is 403 g/mol. The van der Waals surface area contributed by atoms with E-state index < -0.39 is 8.25 Å². The molecule has 0 aliphatic heterocycles. The monoisotopic (exact) mass is 421 g/mol. The summed E-state index contributed by atoms with van der Waals surface area (Å²) >= 11 is 0. The minimum absolute atomic E-state index is 0.0717. The fourth-order valence-corrected chi connectivity index (χ4v) is 3.25. The Morgan fingerprint density at radius 2 is 1.55 bits per heavy atom. The minimum Gasteiger partial charge on any atom is -0.493 e. The van der Waals surface area contributed by atoms with Crippen LogP contribution in [0.5, 0.6) is 28.7 Å². The Morgan fingerprint density at radius 3 is 2.07 bits per heavy atom. The number of hydrogen-bond acceptors (Lipinski definition) is 8. The topological polar surface area (TPSA) is 114 Å². The SMILES string of the molecule is COc1cc(C(=O)c2coc3c(O[P+](=O)O)c(OC)ccc23)cc(OC)c1OC. The van der Waals surface area contributed by atoms with Crippen molar-refractivity contribution in [1.82, 2.24) is 0 Å². The van der Waals surface area contributed by atoms with Crippen LogP contribution >= 0.6 is 8.25 Å². The average molecular weight is 421 g/mol. The van der Waals surface area contributed by atoms with Gasteiger partial charge >= 0.3 is 8.25 Å². The number of furan rings is 1. The molecule has 9 nitrogen and oxygen atoms in total. The normalized spacial score (nSPS) is 11.1. The van der Waals surface area contributed by atoms with E-state index in [1.54, 1.807) is 6.07 Å². The summed E-state index contributed by atoms with van der Waals surface area (Å²) in [4.78, 5) is 22.3. The van der Waals surface area contributed by atoms with Crippen LogP contribution in [-0.2, 0) is 4.57 Å². The van der Waals surface area contributed by atoms with Crippen LogP contribution in [0.1, 0.15) is 15.9 Å². The Kier molecular flexibility index (Phi) is 5.91. The number of ether oxygens (including phenoxy) is 4. The lowest BCUT2D eigenvalue weighted by atomic mass is 10.0. The summed E-state index contributed by atoms with van der Waals surface area (Å²) in [5.41, 5.74) is 0.598. The standard InChI is InChI=1S/C19H17O9P/c1-23-13-6-5-11-12(9-27-17(11)19(13)28-29(21)22)16(20)10-7-14(24-2)18(26-4)15(8-10)25-3/h5-9H,1-4H3/p+1. The Balaban J connectivity index is 2.14. The van der Waals surface area contributed by atoms with Crippen LogP contribution in [0.15, 0.2) is 34.9 Å². The van der Waals surface area contributed by atoms with Crippen molar-refractivity contribution in [2.45, 2.75) is 0 Å². The number of carbonyl (C=O) groups excluding carboxylic acids is 1. The number of ketones is 1. The Morgan fingerprint density at radius 1 is 0.931 bits per heavy atom. The van der Waals surface area contributed by atoms with Gasteiger partial charge in [0.1, 0.15) is 6.26 Å². The molecule has 2 aromatic carbocycles. The second kappa shape index (κ2) is 8.38. The van der Waals surface area contributed by atoms with Crippen molar-refractivity contribution < 1.29 is 42.1 Å². The summed E-state index contributed by atoms with van der Waals surface area (Å²) in [6.45, 7) is 0. The van der Waals surface area contributed by atoms with Crippen molar-refractivity contribution in [3.63, 3.8) is 0 Å². The number of rotatable bonds is 8. The highest BCUT2D eigenvalue weighted by molar-refractivity contribution is 7.32. The Bertz CT molecular complexity index is 1060. The Hall–Kier alpha value is -3.29. The highest BCUT2D eigenvalue weighted by Crippen LogP contribution is 2.43. The molecule has 1 aromatic heterocycles. The first-order valence-corrected chi connectivity index (χ1v) is 9.35. The van der Waals surface area contributed by atoms with Crippen LogP contribution in [0.4, 0.5) is 0 Å². The molecule has 0 aliphatic rings. The fourth-order valence-electron chi connectivity index (χ4n) is 2.92. The summed E-state index contributed by atoms with van der Waals surface area (Å²) in [5.74, 6) is 0.744. The van der Waals surface area contributed by atoms with E-state index in [0.29, 0.717) is 22.6 Å². The average Bonchev–Trinajstić information content (AvgIpc) is 3.16. The van der Waals surface area contributed by atoms with Gasteiger partial charge in [0.25, 0.3) is 5.75 Å². The predicted molar refractivity (Wildman–Crippen MR) is 103 cm³/mol. The largest absolute Gasteiger partial charge is 0.747 e. The lowest BCUT2D eigenvalue weighted by Gasteiger charge is -2.13. The summed E-state index contributed by atoms with van der Waals surface area (Å²) in [7, 11) is 2.78. The van der Waals surface area contributed by atoms with Crippen molar-refractivity contribution in [2.75, 3.05) is 28.4 Å². The van der Waals surface area contributed by atoms with Gasteiger partial charge in [-0.2, -0.15) is 0 Å². The molecule has 0 bridgehead atoms. The first-order valence-electron chi connectivity index (χ1n) is 8.22. The van der Waals surface area contributed by atoms with Crippen LogP contribution in [-0.4, -0.2) is 39.1 Å². The molecular formula is C19H18O9P+. The molecule has 1 heterocycles. The van der Waals surface area contributed by atoms with Gasteiger partial charge < -0.3 is 23.4 Å². The highest BCUT2D eigenvalue weighted by atomic mass is 31.1. The molecule has 0 fully saturated rings. The lowest BCUT2D eigenvalue weighted by molar-refractivity contribution is 0.103. The molecule has 0 saturated carbocycles. The highest BCUT2D eigenvalue weighted by Gasteiger charge is 2.27. The van der Waals surface area contributed by atoms with E-state index in [0.717, 1.165) is 0 Å². The van der Waals surface area contributed by atoms with Crippen molar-refractivity contribution in [1.29, 1.82) is 0 Å². The molecule has 10 heteroatoms. The fraction of sp³-hybridized carbons (Fsp3) is 0.211. The van der Waals surface area contributed by atoms with E-state index in [-0.39, 0.29) is 34.0 Å². The maximum Gasteiger partial charge on any atom is 0.747 e. The van der Waals surface area contributed by atoms with Crippen LogP contribution in [0.3, 0.4) is 0 Å². The van der Waals surface area contributed by atoms with Crippen molar-refractivity contribution in [2.24, 2.45) is 0 Å². The summed E-state index contributed by atoms with van der Waals surface area (Å²) < 4.78 is 42.6. The van der Waals surface area contributed by atoms with Crippen LogP contribution in [0.2, 0.25) is 0 Å². The molecule has 0 amide bonds. The molecule has 29 heavy (non-hydrogen) atoms. The van der Waals surface area contributed by atoms with E-state index in [2.05, 4.69) is 0 Å². The quantitative estimate of drug-likeness (QED) is 0.429. The van der Waals surface area contributed by atoms with Gasteiger partial charge in [0, 0.05) is 15.5 Å². The van der Waals surface area contributed by atoms with Gasteiger partial charge in [-0.05, 0) is 24.3 Å². The summed E-state index contributed by atoms with van der Waals surface area (Å²) in [5, 5.41) is 0.386. The maximum absolute atomic E-state index is 13.2. The number of fused-ring (bicyclic) bond motifs is 1. The zero-order chi connectivity index (χ0) is 21.1. The number of hydrogen-bond donors (Lipinski definition) is 1. The molecule has 1 atom stereocenters. The van der Waals surface area contributed by atoms with E-state index in [1.807, 2.05) is 0 Å². The van der Waals surface area contributed by atoms with Crippen molar-refractivity contribution in [3.05, 3.63) is 41.7 Å². The molecule has 0 radical (unpaired) electrons. The van der Waals surface area contributed by atoms with E-state index in [9.17, 15) is 9.36 Å². The van der Waals surface area contributed by atoms with Crippen LogP contribution in [0, 0.1) is 0 Å². The van der Waals surface area contributed by atoms with E-state index >= 15 is 0 Å². The molecule has 152 valence electrons. The molecule has 0 saturated heterocycles.